The first-order valence-corrected chi connectivity index (χ1v) is 13.6. The molecule has 0 amide bonds. The molecule has 184 valence electrons. The number of carbonyl (C=O) groups excluding carboxylic acids is 1. The predicted molar refractivity (Wildman–Crippen MR) is 131 cm³/mol. The Morgan fingerprint density at radius 3 is 2.76 bits per heavy atom. The van der Waals surface area contributed by atoms with Crippen molar-refractivity contribution >= 4 is 16.9 Å². The van der Waals surface area contributed by atoms with E-state index in [-0.39, 0.29) is 11.3 Å². The fourth-order valence-corrected chi connectivity index (χ4v) is 9.50. The summed E-state index contributed by atoms with van der Waals surface area (Å²) < 4.78 is 7.70. The van der Waals surface area contributed by atoms with Crippen molar-refractivity contribution in [2.24, 2.45) is 46.3 Å². The van der Waals surface area contributed by atoms with Gasteiger partial charge in [-0.15, -0.1) is 0 Å². The molecule has 6 rings (SSSR count). The van der Waals surface area contributed by atoms with Crippen molar-refractivity contribution in [3.8, 4) is 0 Å². The van der Waals surface area contributed by atoms with E-state index in [1.807, 2.05) is 13.3 Å². The molecule has 34 heavy (non-hydrogen) atoms. The van der Waals surface area contributed by atoms with Gasteiger partial charge in [0, 0.05) is 25.4 Å². The lowest BCUT2D eigenvalue weighted by Gasteiger charge is -2.61. The molecule has 4 aliphatic rings. The highest BCUT2D eigenvalue weighted by Crippen LogP contribution is 2.68. The zero-order chi connectivity index (χ0) is 23.5. The second-order valence-corrected chi connectivity index (χ2v) is 12.4. The van der Waals surface area contributed by atoms with Gasteiger partial charge in [-0.05, 0) is 91.8 Å². The Hall–Kier alpha value is -1.82. The van der Waals surface area contributed by atoms with Crippen molar-refractivity contribution < 1.29 is 9.53 Å². The Bertz CT molecular complexity index is 1030. The number of Topliss-reactive ketones (excluding diaryl/α,β-unsaturated/α-hetero) is 1. The first kappa shape index (κ1) is 22.6. The molecule has 0 bridgehead atoms. The van der Waals surface area contributed by atoms with Crippen molar-refractivity contribution in [3.05, 3.63) is 18.6 Å². The van der Waals surface area contributed by atoms with E-state index in [4.69, 9.17) is 4.74 Å². The van der Waals surface area contributed by atoms with Gasteiger partial charge in [0.15, 0.2) is 11.4 Å². The zero-order valence-corrected chi connectivity index (χ0v) is 21.1. The first-order chi connectivity index (χ1) is 16.4. The van der Waals surface area contributed by atoms with Gasteiger partial charge in [-0.25, -0.2) is 9.97 Å². The van der Waals surface area contributed by atoms with Crippen molar-refractivity contribution in [1.82, 2.24) is 19.7 Å². The highest BCUT2D eigenvalue weighted by Gasteiger charge is 2.62. The second kappa shape index (κ2) is 8.39. The molecule has 2 aromatic rings. The average molecular weight is 465 g/mol. The van der Waals surface area contributed by atoms with Gasteiger partial charge in [0.25, 0.3) is 0 Å². The molecule has 6 heteroatoms. The van der Waals surface area contributed by atoms with Crippen LogP contribution in [0.4, 0.5) is 0 Å². The largest absolute Gasteiger partial charge is 0.384 e. The number of methoxy groups -OCH3 is 1. The number of ketones is 1. The maximum atomic E-state index is 13.6. The van der Waals surface area contributed by atoms with Crippen LogP contribution in [0.1, 0.15) is 71.6 Å². The van der Waals surface area contributed by atoms with E-state index < -0.39 is 0 Å². The van der Waals surface area contributed by atoms with Gasteiger partial charge in [-0.1, -0.05) is 20.3 Å². The molecule has 7 unspecified atom stereocenters. The summed E-state index contributed by atoms with van der Waals surface area (Å²) in [5, 5.41) is 4.51. The summed E-state index contributed by atoms with van der Waals surface area (Å²) in [5.74, 6) is 4.40. The fourth-order valence-electron chi connectivity index (χ4n) is 9.50. The number of nitrogens with zero attached hydrogens (tertiary/aromatic N) is 4. The maximum Gasteiger partial charge on any atom is 0.199 e. The number of hydrogen-bond acceptors (Lipinski definition) is 5. The van der Waals surface area contributed by atoms with Gasteiger partial charge >= 0.3 is 0 Å². The SMILES string of the molecule is COCC12CCC(C)C[C@H]1CCC1C3CCC(C(=O)Cn4cc5nccnc5n4)C3(C)CCC12. The average Bonchev–Trinajstić information content (AvgIpc) is 3.39. The minimum atomic E-state index is 0.129. The van der Waals surface area contributed by atoms with Gasteiger partial charge in [0.05, 0.1) is 19.3 Å². The third-order valence-corrected chi connectivity index (χ3v) is 10.9. The van der Waals surface area contributed by atoms with Crippen LogP contribution in [0.2, 0.25) is 0 Å². The second-order valence-electron chi connectivity index (χ2n) is 12.4. The van der Waals surface area contributed by atoms with Crippen molar-refractivity contribution in [2.75, 3.05) is 13.7 Å². The van der Waals surface area contributed by atoms with Crippen molar-refractivity contribution in [1.29, 1.82) is 0 Å². The smallest absolute Gasteiger partial charge is 0.199 e. The summed E-state index contributed by atoms with van der Waals surface area (Å²) in [6, 6.07) is 0. The molecule has 2 heterocycles. The first-order valence-electron chi connectivity index (χ1n) is 13.6. The van der Waals surface area contributed by atoms with Crippen LogP contribution in [-0.4, -0.2) is 39.2 Å². The van der Waals surface area contributed by atoms with Crippen LogP contribution in [0.15, 0.2) is 18.6 Å². The van der Waals surface area contributed by atoms with Crippen LogP contribution >= 0.6 is 0 Å². The molecule has 0 radical (unpaired) electrons. The lowest BCUT2D eigenvalue weighted by atomic mass is 9.44. The van der Waals surface area contributed by atoms with Crippen LogP contribution in [0.3, 0.4) is 0 Å². The lowest BCUT2D eigenvalue weighted by molar-refractivity contribution is -0.154. The number of rotatable bonds is 5. The summed E-state index contributed by atoms with van der Waals surface area (Å²) in [5.41, 5.74) is 1.88. The zero-order valence-electron chi connectivity index (χ0n) is 21.1. The molecule has 0 aromatic carbocycles. The molecule has 0 saturated heterocycles. The molecule has 2 aromatic heterocycles. The quantitative estimate of drug-likeness (QED) is 0.599. The molecule has 0 N–H and O–H groups in total. The van der Waals surface area contributed by atoms with Gasteiger partial charge < -0.3 is 4.74 Å². The summed E-state index contributed by atoms with van der Waals surface area (Å²) in [6.07, 6.45) is 16.7. The predicted octanol–water partition coefficient (Wildman–Crippen LogP) is 5.32. The van der Waals surface area contributed by atoms with Gasteiger partial charge in [0.2, 0.25) is 0 Å². The molecule has 4 aliphatic carbocycles. The number of aromatic nitrogens is 4. The van der Waals surface area contributed by atoms with Crippen LogP contribution in [0.5, 0.6) is 0 Å². The maximum absolute atomic E-state index is 13.6. The highest BCUT2D eigenvalue weighted by atomic mass is 16.5. The summed E-state index contributed by atoms with van der Waals surface area (Å²) >= 11 is 0. The van der Waals surface area contributed by atoms with E-state index in [1.165, 1.54) is 51.4 Å². The summed E-state index contributed by atoms with van der Waals surface area (Å²) in [7, 11) is 1.91. The van der Waals surface area contributed by atoms with E-state index in [0.717, 1.165) is 42.2 Å². The standard InChI is InChI=1S/C28H40N4O2/c1-18-8-11-28(17-34-3)19(14-18)4-5-20-21-6-7-23(27(21,2)10-9-22(20)28)25(33)16-32-15-24-26(31-32)30-13-12-29-24/h12-13,15,18-23H,4-11,14,16-17H2,1-3H3/t18?,19-,20?,21?,22?,23?,27?,28?/m1/s1. The Morgan fingerprint density at radius 2 is 1.94 bits per heavy atom. The molecular formula is C28H40N4O2. The van der Waals surface area contributed by atoms with Crippen LogP contribution in [0.25, 0.3) is 11.2 Å². The van der Waals surface area contributed by atoms with Crippen molar-refractivity contribution in [2.45, 2.75) is 78.2 Å². The van der Waals surface area contributed by atoms with Gasteiger partial charge in [0.1, 0.15) is 5.52 Å². The lowest BCUT2D eigenvalue weighted by Crippen LogP contribution is -2.56. The molecule has 0 spiro atoms. The van der Waals surface area contributed by atoms with Crippen LogP contribution in [-0.2, 0) is 16.1 Å². The Labute approximate surface area is 203 Å². The molecule has 0 aliphatic heterocycles. The molecule has 4 saturated carbocycles. The molecule has 8 atom stereocenters. The Balaban J connectivity index is 1.23. The third-order valence-electron chi connectivity index (χ3n) is 10.9. The normalized spacial score (nSPS) is 41.6. The van der Waals surface area contributed by atoms with Crippen LogP contribution < -0.4 is 0 Å². The monoisotopic (exact) mass is 464 g/mol. The molecule has 4 fully saturated rings. The van der Waals surface area contributed by atoms with E-state index >= 15 is 0 Å². The topological polar surface area (TPSA) is 69.9 Å². The number of hydrogen-bond donors (Lipinski definition) is 0. The Morgan fingerprint density at radius 1 is 1.09 bits per heavy atom. The molecular weight excluding hydrogens is 424 g/mol. The number of ether oxygens (including phenoxy) is 1. The fraction of sp³-hybridized carbons (Fsp3) is 0.786. The third kappa shape index (κ3) is 3.38. The minimum absolute atomic E-state index is 0.129. The van der Waals surface area contributed by atoms with E-state index in [1.54, 1.807) is 17.1 Å². The van der Waals surface area contributed by atoms with Crippen molar-refractivity contribution in [3.63, 3.8) is 0 Å². The van der Waals surface area contributed by atoms with Gasteiger partial charge in [-0.2, -0.15) is 5.10 Å². The van der Waals surface area contributed by atoms with E-state index in [2.05, 4.69) is 28.9 Å². The Kier molecular flexibility index (Phi) is 5.58. The molecule has 6 nitrogen and oxygen atoms in total. The minimum Gasteiger partial charge on any atom is -0.384 e. The van der Waals surface area contributed by atoms with E-state index in [9.17, 15) is 4.79 Å². The summed E-state index contributed by atoms with van der Waals surface area (Å²) in [6.45, 7) is 6.17. The van der Waals surface area contributed by atoms with Gasteiger partial charge in [-0.3, -0.25) is 9.48 Å². The van der Waals surface area contributed by atoms with E-state index in [0.29, 0.717) is 29.3 Å². The van der Waals surface area contributed by atoms with Crippen LogP contribution in [0, 0.1) is 46.3 Å². The number of carbonyl (C=O) groups is 1. The highest BCUT2D eigenvalue weighted by molar-refractivity contribution is 5.82. The number of fused-ring (bicyclic) bond motifs is 6. The summed E-state index contributed by atoms with van der Waals surface area (Å²) in [4.78, 5) is 22.2.